The number of rotatable bonds is 3. The van der Waals surface area contributed by atoms with Crippen LogP contribution in [-0.4, -0.2) is 17.5 Å². The second-order valence-electron chi connectivity index (χ2n) is 4.63. The SMILES string of the molecule is CCCC(C)N1CCc2ccccc2C1. The van der Waals surface area contributed by atoms with Crippen molar-refractivity contribution in [3.63, 3.8) is 0 Å². The summed E-state index contributed by atoms with van der Waals surface area (Å²) in [5.41, 5.74) is 3.09. The van der Waals surface area contributed by atoms with E-state index in [2.05, 4.69) is 43.0 Å². The molecular weight excluding hydrogens is 182 g/mol. The maximum Gasteiger partial charge on any atom is 0.0239 e. The third kappa shape index (κ3) is 2.40. The maximum atomic E-state index is 2.62. The van der Waals surface area contributed by atoms with Gasteiger partial charge in [0.05, 0.1) is 0 Å². The van der Waals surface area contributed by atoms with Crippen LogP contribution in [0.3, 0.4) is 0 Å². The van der Waals surface area contributed by atoms with Crippen molar-refractivity contribution in [1.82, 2.24) is 4.90 Å². The van der Waals surface area contributed by atoms with Crippen LogP contribution in [0.5, 0.6) is 0 Å². The molecule has 1 heterocycles. The van der Waals surface area contributed by atoms with Gasteiger partial charge in [-0.25, -0.2) is 0 Å². The second kappa shape index (κ2) is 4.80. The van der Waals surface area contributed by atoms with Crippen LogP contribution in [0.4, 0.5) is 0 Å². The number of hydrogen-bond donors (Lipinski definition) is 0. The van der Waals surface area contributed by atoms with E-state index < -0.39 is 0 Å². The van der Waals surface area contributed by atoms with E-state index >= 15 is 0 Å². The largest absolute Gasteiger partial charge is 0.296 e. The summed E-state index contributed by atoms with van der Waals surface area (Å²) < 4.78 is 0. The Morgan fingerprint density at radius 2 is 2.00 bits per heavy atom. The average Bonchev–Trinajstić information content (AvgIpc) is 2.29. The first-order valence-electron chi connectivity index (χ1n) is 6.12. The molecule has 15 heavy (non-hydrogen) atoms. The molecule has 0 amide bonds. The minimum absolute atomic E-state index is 0.739. The van der Waals surface area contributed by atoms with Gasteiger partial charge in [0.2, 0.25) is 0 Å². The predicted octanol–water partition coefficient (Wildman–Crippen LogP) is 3.23. The fourth-order valence-corrected chi connectivity index (χ4v) is 2.49. The lowest BCUT2D eigenvalue weighted by atomic mass is 9.98. The van der Waals surface area contributed by atoms with Crippen molar-refractivity contribution in [2.75, 3.05) is 6.54 Å². The Kier molecular flexibility index (Phi) is 3.42. The molecule has 1 aliphatic heterocycles. The van der Waals surface area contributed by atoms with E-state index in [4.69, 9.17) is 0 Å². The predicted molar refractivity (Wildman–Crippen MR) is 64.9 cm³/mol. The van der Waals surface area contributed by atoms with Crippen LogP contribution in [0.15, 0.2) is 24.3 Å². The molecule has 0 fully saturated rings. The van der Waals surface area contributed by atoms with Crippen molar-refractivity contribution < 1.29 is 0 Å². The monoisotopic (exact) mass is 203 g/mol. The molecule has 0 bridgehead atoms. The van der Waals surface area contributed by atoms with Crippen molar-refractivity contribution in [2.45, 2.75) is 45.7 Å². The van der Waals surface area contributed by atoms with Crippen LogP contribution in [-0.2, 0) is 13.0 Å². The molecule has 2 rings (SSSR count). The number of benzene rings is 1. The van der Waals surface area contributed by atoms with Gasteiger partial charge in [-0.3, -0.25) is 4.90 Å². The van der Waals surface area contributed by atoms with Crippen molar-refractivity contribution >= 4 is 0 Å². The molecule has 82 valence electrons. The minimum atomic E-state index is 0.739. The molecule has 1 aliphatic rings. The molecule has 1 atom stereocenters. The minimum Gasteiger partial charge on any atom is -0.296 e. The molecular formula is C14H21N. The summed E-state index contributed by atoms with van der Waals surface area (Å²) in [5.74, 6) is 0. The average molecular weight is 203 g/mol. The molecule has 1 unspecified atom stereocenters. The van der Waals surface area contributed by atoms with Gasteiger partial charge in [-0.15, -0.1) is 0 Å². The molecule has 1 aromatic carbocycles. The van der Waals surface area contributed by atoms with Crippen LogP contribution < -0.4 is 0 Å². The fraction of sp³-hybridized carbons (Fsp3) is 0.571. The van der Waals surface area contributed by atoms with Crippen LogP contribution >= 0.6 is 0 Å². The molecule has 1 nitrogen and oxygen atoms in total. The van der Waals surface area contributed by atoms with Crippen LogP contribution in [0.25, 0.3) is 0 Å². The van der Waals surface area contributed by atoms with Crippen LogP contribution in [0.2, 0.25) is 0 Å². The fourth-order valence-electron chi connectivity index (χ4n) is 2.49. The summed E-state index contributed by atoms with van der Waals surface area (Å²) in [4.78, 5) is 2.62. The summed E-state index contributed by atoms with van der Waals surface area (Å²) in [5, 5.41) is 0. The lowest BCUT2D eigenvalue weighted by molar-refractivity contribution is 0.181. The number of fused-ring (bicyclic) bond motifs is 1. The normalized spacial score (nSPS) is 18.5. The smallest absolute Gasteiger partial charge is 0.0239 e. The van der Waals surface area contributed by atoms with E-state index in [1.807, 2.05) is 0 Å². The van der Waals surface area contributed by atoms with Crippen molar-refractivity contribution in [1.29, 1.82) is 0 Å². The van der Waals surface area contributed by atoms with Gasteiger partial charge >= 0.3 is 0 Å². The first kappa shape index (κ1) is 10.7. The van der Waals surface area contributed by atoms with Gasteiger partial charge in [0.25, 0.3) is 0 Å². The van der Waals surface area contributed by atoms with Gasteiger partial charge in [0.1, 0.15) is 0 Å². The third-order valence-electron chi connectivity index (χ3n) is 3.49. The lowest BCUT2D eigenvalue weighted by Crippen LogP contribution is -2.37. The maximum absolute atomic E-state index is 2.62. The van der Waals surface area contributed by atoms with E-state index in [-0.39, 0.29) is 0 Å². The highest BCUT2D eigenvalue weighted by atomic mass is 15.2. The molecule has 0 aromatic heterocycles. The van der Waals surface area contributed by atoms with Gasteiger partial charge < -0.3 is 0 Å². The zero-order valence-electron chi connectivity index (χ0n) is 9.87. The molecule has 0 N–H and O–H groups in total. The van der Waals surface area contributed by atoms with Gasteiger partial charge in [-0.2, -0.15) is 0 Å². The third-order valence-corrected chi connectivity index (χ3v) is 3.49. The molecule has 0 saturated carbocycles. The summed E-state index contributed by atoms with van der Waals surface area (Å²) in [6, 6.07) is 9.61. The first-order chi connectivity index (χ1) is 7.31. The highest BCUT2D eigenvalue weighted by Crippen LogP contribution is 2.21. The molecule has 0 aliphatic carbocycles. The van der Waals surface area contributed by atoms with Gasteiger partial charge in [-0.05, 0) is 30.9 Å². The van der Waals surface area contributed by atoms with E-state index in [1.54, 1.807) is 5.56 Å². The summed E-state index contributed by atoms with van der Waals surface area (Å²) >= 11 is 0. The molecule has 0 spiro atoms. The summed E-state index contributed by atoms with van der Waals surface area (Å²) in [7, 11) is 0. The quantitative estimate of drug-likeness (QED) is 0.729. The Labute approximate surface area is 93.1 Å². The van der Waals surface area contributed by atoms with E-state index in [0.717, 1.165) is 12.6 Å². The van der Waals surface area contributed by atoms with Gasteiger partial charge in [0.15, 0.2) is 0 Å². The second-order valence-corrected chi connectivity index (χ2v) is 4.63. The number of nitrogens with zero attached hydrogens (tertiary/aromatic N) is 1. The standard InChI is InChI=1S/C14H21N/c1-3-6-12(2)15-10-9-13-7-4-5-8-14(13)11-15/h4-5,7-8,12H,3,6,9-11H2,1-2H3. The van der Waals surface area contributed by atoms with Gasteiger partial charge in [0, 0.05) is 19.1 Å². The van der Waals surface area contributed by atoms with Crippen molar-refractivity contribution in [3.05, 3.63) is 35.4 Å². The zero-order valence-corrected chi connectivity index (χ0v) is 9.87. The van der Waals surface area contributed by atoms with Crippen molar-refractivity contribution in [3.8, 4) is 0 Å². The Hall–Kier alpha value is -0.820. The topological polar surface area (TPSA) is 3.24 Å². The van der Waals surface area contributed by atoms with Gasteiger partial charge in [-0.1, -0.05) is 37.6 Å². The van der Waals surface area contributed by atoms with E-state index in [9.17, 15) is 0 Å². The highest BCUT2D eigenvalue weighted by Gasteiger charge is 2.19. The summed E-state index contributed by atoms with van der Waals surface area (Å²) in [6.07, 6.45) is 3.84. The Bertz CT molecular complexity index is 319. The van der Waals surface area contributed by atoms with Crippen molar-refractivity contribution in [2.24, 2.45) is 0 Å². The molecule has 0 saturated heterocycles. The Balaban J connectivity index is 2.05. The molecule has 0 radical (unpaired) electrons. The number of hydrogen-bond acceptors (Lipinski definition) is 1. The van der Waals surface area contributed by atoms with E-state index in [1.165, 1.54) is 31.4 Å². The zero-order chi connectivity index (χ0) is 10.7. The van der Waals surface area contributed by atoms with E-state index in [0.29, 0.717) is 0 Å². The Morgan fingerprint density at radius 3 is 2.73 bits per heavy atom. The van der Waals surface area contributed by atoms with Crippen LogP contribution in [0, 0.1) is 0 Å². The summed E-state index contributed by atoms with van der Waals surface area (Å²) in [6.45, 7) is 7.02. The molecule has 1 aromatic rings. The molecule has 1 heteroatoms. The highest BCUT2D eigenvalue weighted by molar-refractivity contribution is 5.29. The van der Waals surface area contributed by atoms with Crippen LogP contribution in [0.1, 0.15) is 37.8 Å². The first-order valence-corrected chi connectivity index (χ1v) is 6.12. The lowest BCUT2D eigenvalue weighted by Gasteiger charge is -2.33. The Morgan fingerprint density at radius 1 is 1.27 bits per heavy atom.